The molecule has 2 bridgehead atoms. The first kappa shape index (κ1) is 21.2. The quantitative estimate of drug-likeness (QED) is 0.469. The standard InChI is InChI=1S/C27H30N2O2S/c1-3-14-27(16-21-10-11-23(27)15-21)19-28-17-22-18-29(26-7-5-4-6-25(22)26)32(30,31)24-12-8-20(2)9-13-24/h3-13,18,21,23,28H,1,14-17,19H2,2H3/t21-,23+,27?/m0/s1. The summed E-state index contributed by atoms with van der Waals surface area (Å²) in [5.41, 5.74) is 2.99. The molecule has 32 heavy (non-hydrogen) atoms. The van der Waals surface area contributed by atoms with Crippen molar-refractivity contribution in [3.63, 3.8) is 0 Å². The highest BCUT2D eigenvalue weighted by atomic mass is 32.2. The molecule has 1 saturated carbocycles. The van der Waals surface area contributed by atoms with Gasteiger partial charge in [-0.1, -0.05) is 54.1 Å². The molecule has 1 heterocycles. The Labute approximate surface area is 190 Å². The van der Waals surface area contributed by atoms with Gasteiger partial charge in [0.25, 0.3) is 10.0 Å². The molecule has 3 aromatic rings. The van der Waals surface area contributed by atoms with E-state index >= 15 is 0 Å². The third-order valence-electron chi connectivity index (χ3n) is 7.31. The molecule has 1 fully saturated rings. The van der Waals surface area contributed by atoms with E-state index in [2.05, 4.69) is 30.1 Å². The molecule has 1 N–H and O–H groups in total. The van der Waals surface area contributed by atoms with Gasteiger partial charge in [-0.25, -0.2) is 12.4 Å². The van der Waals surface area contributed by atoms with Crippen molar-refractivity contribution in [2.24, 2.45) is 17.3 Å². The number of rotatable bonds is 8. The second-order valence-corrected chi connectivity index (χ2v) is 11.3. The van der Waals surface area contributed by atoms with Crippen molar-refractivity contribution < 1.29 is 8.42 Å². The lowest BCUT2D eigenvalue weighted by Gasteiger charge is -2.35. The molecule has 4 nitrogen and oxygen atoms in total. The lowest BCUT2D eigenvalue weighted by Crippen LogP contribution is -2.37. The number of nitrogens with one attached hydrogen (secondary N) is 1. The van der Waals surface area contributed by atoms with Crippen molar-refractivity contribution >= 4 is 20.9 Å². The number of benzene rings is 2. The van der Waals surface area contributed by atoms with Gasteiger partial charge < -0.3 is 5.32 Å². The average molecular weight is 447 g/mol. The van der Waals surface area contributed by atoms with E-state index < -0.39 is 10.0 Å². The summed E-state index contributed by atoms with van der Waals surface area (Å²) >= 11 is 0. The maximum Gasteiger partial charge on any atom is 0.268 e. The van der Waals surface area contributed by atoms with E-state index in [1.807, 2.05) is 43.3 Å². The third kappa shape index (κ3) is 3.54. The second kappa shape index (κ2) is 8.05. The third-order valence-corrected chi connectivity index (χ3v) is 9.00. The van der Waals surface area contributed by atoms with Crippen LogP contribution in [0.1, 0.15) is 30.4 Å². The van der Waals surface area contributed by atoms with Crippen LogP contribution in [0, 0.1) is 24.2 Å². The molecule has 0 amide bonds. The van der Waals surface area contributed by atoms with Gasteiger partial charge in [-0.05, 0) is 67.2 Å². The summed E-state index contributed by atoms with van der Waals surface area (Å²) in [5, 5.41) is 4.64. The number of aromatic nitrogens is 1. The number of hydrogen-bond donors (Lipinski definition) is 1. The van der Waals surface area contributed by atoms with Crippen LogP contribution in [0.15, 0.2) is 84.4 Å². The highest BCUT2D eigenvalue weighted by Gasteiger charge is 2.46. The minimum Gasteiger partial charge on any atom is -0.312 e. The highest BCUT2D eigenvalue weighted by molar-refractivity contribution is 7.90. The molecule has 0 radical (unpaired) electrons. The Kier molecular flexibility index (Phi) is 5.34. The van der Waals surface area contributed by atoms with Crippen molar-refractivity contribution in [1.29, 1.82) is 0 Å². The molecule has 0 aliphatic heterocycles. The summed E-state index contributed by atoms with van der Waals surface area (Å²) in [6.07, 6.45) is 12.1. The summed E-state index contributed by atoms with van der Waals surface area (Å²) in [6.45, 7) is 7.50. The van der Waals surface area contributed by atoms with Crippen LogP contribution >= 0.6 is 0 Å². The van der Waals surface area contributed by atoms with Gasteiger partial charge in [0.15, 0.2) is 0 Å². The smallest absolute Gasteiger partial charge is 0.268 e. The molecule has 2 aliphatic carbocycles. The van der Waals surface area contributed by atoms with Gasteiger partial charge in [0.2, 0.25) is 0 Å². The maximum atomic E-state index is 13.4. The van der Waals surface area contributed by atoms with Crippen LogP contribution in [-0.4, -0.2) is 18.9 Å². The topological polar surface area (TPSA) is 51.1 Å². The van der Waals surface area contributed by atoms with Crippen LogP contribution in [0.5, 0.6) is 0 Å². The summed E-state index contributed by atoms with van der Waals surface area (Å²) in [6, 6.07) is 14.8. The van der Waals surface area contributed by atoms with Gasteiger partial charge in [0.05, 0.1) is 10.4 Å². The first-order chi connectivity index (χ1) is 15.4. The summed E-state index contributed by atoms with van der Waals surface area (Å²) in [4.78, 5) is 0.307. The zero-order chi connectivity index (χ0) is 22.3. The Morgan fingerprint density at radius 2 is 1.94 bits per heavy atom. The van der Waals surface area contributed by atoms with Crippen molar-refractivity contribution in [3.8, 4) is 0 Å². The predicted octanol–water partition coefficient (Wildman–Crippen LogP) is 5.43. The molecule has 3 atom stereocenters. The molecule has 2 aliphatic rings. The van der Waals surface area contributed by atoms with E-state index in [9.17, 15) is 8.42 Å². The molecule has 0 spiro atoms. The van der Waals surface area contributed by atoms with Gasteiger partial charge in [-0.15, -0.1) is 6.58 Å². The minimum absolute atomic E-state index is 0.230. The Bertz CT molecular complexity index is 1290. The molecule has 2 aromatic carbocycles. The lowest BCUT2D eigenvalue weighted by molar-refractivity contribution is 0.220. The van der Waals surface area contributed by atoms with E-state index in [-0.39, 0.29) is 5.41 Å². The van der Waals surface area contributed by atoms with Crippen molar-refractivity contribution in [2.45, 2.75) is 37.6 Å². The minimum atomic E-state index is -3.66. The van der Waals surface area contributed by atoms with Gasteiger partial charge >= 0.3 is 0 Å². The highest BCUT2D eigenvalue weighted by Crippen LogP contribution is 2.53. The summed E-state index contributed by atoms with van der Waals surface area (Å²) < 4.78 is 28.2. The Morgan fingerprint density at radius 1 is 1.16 bits per heavy atom. The molecular formula is C27H30N2O2S. The monoisotopic (exact) mass is 446 g/mol. The van der Waals surface area contributed by atoms with Crippen LogP contribution in [0.4, 0.5) is 0 Å². The molecule has 0 saturated heterocycles. The fourth-order valence-electron chi connectivity index (χ4n) is 5.68. The zero-order valence-electron chi connectivity index (χ0n) is 18.5. The van der Waals surface area contributed by atoms with Crippen molar-refractivity contribution in [3.05, 3.63) is 90.7 Å². The fraction of sp³-hybridized carbons (Fsp3) is 0.333. The van der Waals surface area contributed by atoms with E-state index in [0.717, 1.165) is 29.5 Å². The van der Waals surface area contributed by atoms with Gasteiger partial charge in [0, 0.05) is 24.7 Å². The second-order valence-electron chi connectivity index (χ2n) is 9.44. The van der Waals surface area contributed by atoms with Crippen molar-refractivity contribution in [1.82, 2.24) is 9.29 Å². The number of hydrogen-bond acceptors (Lipinski definition) is 3. The van der Waals surface area contributed by atoms with Crippen LogP contribution < -0.4 is 5.32 Å². The van der Waals surface area contributed by atoms with Gasteiger partial charge in [-0.2, -0.15) is 0 Å². The zero-order valence-corrected chi connectivity index (χ0v) is 19.3. The summed E-state index contributed by atoms with van der Waals surface area (Å²) in [7, 11) is -3.66. The lowest BCUT2D eigenvalue weighted by atomic mass is 9.73. The predicted molar refractivity (Wildman–Crippen MR) is 130 cm³/mol. The van der Waals surface area contributed by atoms with Crippen LogP contribution in [-0.2, 0) is 16.6 Å². The normalized spacial score (nSPS) is 24.4. The molecular weight excluding hydrogens is 416 g/mol. The Hall–Kier alpha value is -2.63. The van der Waals surface area contributed by atoms with E-state index in [1.54, 1.807) is 18.3 Å². The van der Waals surface area contributed by atoms with Crippen LogP contribution in [0.2, 0.25) is 0 Å². The average Bonchev–Trinajstić information content (AvgIpc) is 3.48. The molecule has 5 rings (SSSR count). The molecule has 1 unspecified atom stereocenters. The first-order valence-electron chi connectivity index (χ1n) is 11.3. The number of aryl methyl sites for hydroxylation is 1. The number of para-hydroxylation sites is 1. The summed E-state index contributed by atoms with van der Waals surface area (Å²) in [5.74, 6) is 1.31. The Balaban J connectivity index is 1.43. The molecule has 5 heteroatoms. The number of nitrogens with zero attached hydrogens (tertiary/aromatic N) is 1. The van der Waals surface area contributed by atoms with Crippen molar-refractivity contribution in [2.75, 3.05) is 6.54 Å². The van der Waals surface area contributed by atoms with Crippen LogP contribution in [0.3, 0.4) is 0 Å². The van der Waals surface area contributed by atoms with Gasteiger partial charge in [-0.3, -0.25) is 0 Å². The van der Waals surface area contributed by atoms with Gasteiger partial charge in [0.1, 0.15) is 0 Å². The maximum absolute atomic E-state index is 13.4. The van der Waals surface area contributed by atoms with E-state index in [0.29, 0.717) is 28.8 Å². The fourth-order valence-corrected chi connectivity index (χ4v) is 7.07. The van der Waals surface area contributed by atoms with Crippen LogP contribution in [0.25, 0.3) is 10.9 Å². The van der Waals surface area contributed by atoms with E-state index in [4.69, 9.17) is 0 Å². The largest absolute Gasteiger partial charge is 0.312 e. The van der Waals surface area contributed by atoms with E-state index in [1.165, 1.54) is 16.8 Å². The molecule has 1 aromatic heterocycles. The SMILES string of the molecule is C=CCC1(CNCc2cn(S(=O)(=O)c3ccc(C)cc3)c3ccccc23)C[C@H]2C=C[C@@H]1C2. The number of allylic oxidation sites excluding steroid dienone is 3. The Morgan fingerprint density at radius 3 is 2.62 bits per heavy atom. The first-order valence-corrected chi connectivity index (χ1v) is 12.8. The number of fused-ring (bicyclic) bond motifs is 3. The molecule has 166 valence electrons.